The number of anilines is 1. The number of pyridine rings is 1. The second-order valence-electron chi connectivity index (χ2n) is 5.18. The second kappa shape index (κ2) is 4.29. The predicted octanol–water partition coefficient (Wildman–Crippen LogP) is 2.77. The number of nitrogens with zero attached hydrogens (tertiary/aromatic N) is 1. The maximum absolute atomic E-state index is 11.9. The quantitative estimate of drug-likeness (QED) is 0.618. The fraction of sp³-hybridized carbons (Fsp3) is 0.286. The standard InChI is InChI=1S/C14H16N2O2/c1-14(2,3)18-13(17)10-6-9-4-5-11(15)7-12(9)16-8-10/h4-8H,15H2,1-3H3. The molecule has 1 heterocycles. The van der Waals surface area contributed by atoms with Gasteiger partial charge in [0.1, 0.15) is 5.60 Å². The Bertz CT molecular complexity index is 600. The van der Waals surface area contributed by atoms with Crippen LogP contribution in [-0.2, 0) is 4.74 Å². The first-order valence-corrected chi connectivity index (χ1v) is 5.74. The van der Waals surface area contributed by atoms with Crippen molar-refractivity contribution >= 4 is 22.6 Å². The molecular formula is C14H16N2O2. The molecule has 0 radical (unpaired) electrons. The molecule has 1 aromatic carbocycles. The van der Waals surface area contributed by atoms with Gasteiger partial charge < -0.3 is 10.5 Å². The zero-order valence-electron chi connectivity index (χ0n) is 10.7. The van der Waals surface area contributed by atoms with Crippen LogP contribution in [-0.4, -0.2) is 16.6 Å². The molecule has 2 aromatic rings. The first kappa shape index (κ1) is 12.4. The molecule has 0 aliphatic rings. The van der Waals surface area contributed by atoms with Crippen molar-refractivity contribution in [2.24, 2.45) is 0 Å². The lowest BCUT2D eigenvalue weighted by molar-refractivity contribution is 0.00693. The summed E-state index contributed by atoms with van der Waals surface area (Å²) < 4.78 is 5.29. The number of nitrogen functional groups attached to an aromatic ring is 1. The van der Waals surface area contributed by atoms with E-state index in [1.807, 2.05) is 26.8 Å². The van der Waals surface area contributed by atoms with Crippen molar-refractivity contribution in [3.05, 3.63) is 36.0 Å². The SMILES string of the molecule is CC(C)(C)OC(=O)c1cnc2cc(N)ccc2c1. The first-order valence-electron chi connectivity index (χ1n) is 5.74. The van der Waals surface area contributed by atoms with E-state index in [4.69, 9.17) is 10.5 Å². The topological polar surface area (TPSA) is 65.2 Å². The highest BCUT2D eigenvalue weighted by Crippen LogP contribution is 2.18. The van der Waals surface area contributed by atoms with Gasteiger partial charge in [0.25, 0.3) is 0 Å². The summed E-state index contributed by atoms with van der Waals surface area (Å²) in [5.74, 6) is -0.367. The molecule has 0 bridgehead atoms. The summed E-state index contributed by atoms with van der Waals surface area (Å²) in [4.78, 5) is 16.1. The third kappa shape index (κ3) is 2.77. The molecule has 0 aliphatic carbocycles. The van der Waals surface area contributed by atoms with E-state index in [-0.39, 0.29) is 5.97 Å². The summed E-state index contributed by atoms with van der Waals surface area (Å²) >= 11 is 0. The Balaban J connectivity index is 2.36. The molecule has 0 saturated heterocycles. The molecule has 0 spiro atoms. The number of ether oxygens (including phenoxy) is 1. The summed E-state index contributed by atoms with van der Waals surface area (Å²) in [5.41, 5.74) is 7.03. The van der Waals surface area contributed by atoms with Crippen LogP contribution in [0.5, 0.6) is 0 Å². The molecule has 0 amide bonds. The van der Waals surface area contributed by atoms with Gasteiger partial charge in [0.15, 0.2) is 0 Å². The van der Waals surface area contributed by atoms with E-state index in [2.05, 4.69) is 4.98 Å². The first-order chi connectivity index (χ1) is 8.35. The summed E-state index contributed by atoms with van der Waals surface area (Å²) in [6, 6.07) is 7.15. The van der Waals surface area contributed by atoms with Crippen LogP contribution >= 0.6 is 0 Å². The number of benzene rings is 1. The predicted molar refractivity (Wildman–Crippen MR) is 71.3 cm³/mol. The van der Waals surface area contributed by atoms with Gasteiger partial charge in [0.05, 0.1) is 11.1 Å². The number of hydrogen-bond acceptors (Lipinski definition) is 4. The van der Waals surface area contributed by atoms with E-state index in [1.54, 1.807) is 18.2 Å². The number of carbonyl (C=O) groups excluding carboxylic acids is 1. The lowest BCUT2D eigenvalue weighted by Gasteiger charge is -2.19. The zero-order valence-corrected chi connectivity index (χ0v) is 10.7. The van der Waals surface area contributed by atoms with Gasteiger partial charge in [0, 0.05) is 17.3 Å². The fourth-order valence-electron chi connectivity index (χ4n) is 1.59. The largest absolute Gasteiger partial charge is 0.456 e. The highest BCUT2D eigenvalue weighted by Gasteiger charge is 2.18. The van der Waals surface area contributed by atoms with Crippen molar-refractivity contribution in [1.29, 1.82) is 0 Å². The second-order valence-corrected chi connectivity index (χ2v) is 5.18. The Kier molecular flexibility index (Phi) is 2.95. The Morgan fingerprint density at radius 1 is 1.28 bits per heavy atom. The van der Waals surface area contributed by atoms with Crippen LogP contribution in [0.2, 0.25) is 0 Å². The lowest BCUT2D eigenvalue weighted by Crippen LogP contribution is -2.23. The Morgan fingerprint density at radius 3 is 2.67 bits per heavy atom. The Hall–Kier alpha value is -2.10. The van der Waals surface area contributed by atoms with Crippen molar-refractivity contribution < 1.29 is 9.53 Å². The highest BCUT2D eigenvalue weighted by atomic mass is 16.6. The van der Waals surface area contributed by atoms with Crippen LogP contribution in [0.4, 0.5) is 5.69 Å². The number of nitrogens with two attached hydrogens (primary N) is 1. The molecule has 4 heteroatoms. The number of hydrogen-bond donors (Lipinski definition) is 1. The van der Waals surface area contributed by atoms with Gasteiger partial charge in [-0.1, -0.05) is 6.07 Å². The summed E-state index contributed by atoms with van der Waals surface area (Å²) in [6.45, 7) is 5.50. The van der Waals surface area contributed by atoms with E-state index in [9.17, 15) is 4.79 Å². The average molecular weight is 244 g/mol. The molecule has 0 aliphatic heterocycles. The van der Waals surface area contributed by atoms with Gasteiger partial charge in [0.2, 0.25) is 0 Å². The van der Waals surface area contributed by atoms with Crippen molar-refractivity contribution in [2.45, 2.75) is 26.4 Å². The normalized spacial score (nSPS) is 11.5. The molecule has 0 fully saturated rings. The van der Waals surface area contributed by atoms with Gasteiger partial charge in [-0.25, -0.2) is 4.79 Å². The van der Waals surface area contributed by atoms with Crippen LogP contribution in [0.25, 0.3) is 10.9 Å². The number of aromatic nitrogens is 1. The van der Waals surface area contributed by atoms with Crippen molar-refractivity contribution in [3.63, 3.8) is 0 Å². The monoisotopic (exact) mass is 244 g/mol. The molecule has 18 heavy (non-hydrogen) atoms. The van der Waals surface area contributed by atoms with Crippen LogP contribution in [0.1, 0.15) is 31.1 Å². The summed E-state index contributed by atoms with van der Waals surface area (Å²) in [6.07, 6.45) is 1.51. The highest BCUT2D eigenvalue weighted by molar-refractivity contribution is 5.94. The molecule has 0 atom stereocenters. The minimum Gasteiger partial charge on any atom is -0.456 e. The third-order valence-corrected chi connectivity index (χ3v) is 2.34. The summed E-state index contributed by atoms with van der Waals surface area (Å²) in [7, 11) is 0. The van der Waals surface area contributed by atoms with Crippen LogP contribution in [0.15, 0.2) is 30.5 Å². The molecule has 1 aromatic heterocycles. The van der Waals surface area contributed by atoms with Gasteiger partial charge in [-0.2, -0.15) is 0 Å². The van der Waals surface area contributed by atoms with Crippen molar-refractivity contribution in [1.82, 2.24) is 4.98 Å². The maximum atomic E-state index is 11.9. The molecule has 0 saturated carbocycles. The van der Waals surface area contributed by atoms with Gasteiger partial charge in [-0.15, -0.1) is 0 Å². The van der Waals surface area contributed by atoms with Gasteiger partial charge in [-0.05, 0) is 39.0 Å². The van der Waals surface area contributed by atoms with Crippen molar-refractivity contribution in [2.75, 3.05) is 5.73 Å². The summed E-state index contributed by atoms with van der Waals surface area (Å²) in [5, 5.41) is 0.868. The minimum absolute atomic E-state index is 0.367. The zero-order chi connectivity index (χ0) is 13.3. The lowest BCUT2D eigenvalue weighted by atomic mass is 10.1. The minimum atomic E-state index is -0.507. The smallest absolute Gasteiger partial charge is 0.340 e. The molecule has 2 rings (SSSR count). The maximum Gasteiger partial charge on any atom is 0.340 e. The van der Waals surface area contributed by atoms with E-state index in [1.165, 1.54) is 6.20 Å². The number of fused-ring (bicyclic) bond motifs is 1. The Morgan fingerprint density at radius 2 is 2.00 bits per heavy atom. The van der Waals surface area contributed by atoms with Crippen LogP contribution in [0, 0.1) is 0 Å². The number of esters is 1. The number of rotatable bonds is 1. The van der Waals surface area contributed by atoms with Crippen LogP contribution in [0.3, 0.4) is 0 Å². The van der Waals surface area contributed by atoms with E-state index in [0.717, 1.165) is 10.9 Å². The van der Waals surface area contributed by atoms with Crippen LogP contribution < -0.4 is 5.73 Å². The third-order valence-electron chi connectivity index (χ3n) is 2.34. The van der Waals surface area contributed by atoms with E-state index >= 15 is 0 Å². The molecule has 0 unspecified atom stereocenters. The molecule has 4 nitrogen and oxygen atoms in total. The molecule has 2 N–H and O–H groups in total. The Labute approximate surface area is 106 Å². The van der Waals surface area contributed by atoms with Gasteiger partial charge >= 0.3 is 5.97 Å². The van der Waals surface area contributed by atoms with E-state index < -0.39 is 5.60 Å². The number of carbonyl (C=O) groups is 1. The van der Waals surface area contributed by atoms with Crippen molar-refractivity contribution in [3.8, 4) is 0 Å². The molecular weight excluding hydrogens is 228 g/mol. The van der Waals surface area contributed by atoms with Gasteiger partial charge in [-0.3, -0.25) is 4.98 Å². The molecule has 94 valence electrons. The fourth-order valence-corrected chi connectivity index (χ4v) is 1.59. The average Bonchev–Trinajstić information content (AvgIpc) is 2.26. The van der Waals surface area contributed by atoms with E-state index in [0.29, 0.717) is 11.3 Å².